The van der Waals surface area contributed by atoms with Gasteiger partial charge in [0.15, 0.2) is 0 Å². The first kappa shape index (κ1) is 31.8. The zero-order valence-electron chi connectivity index (χ0n) is 26.1. The van der Waals surface area contributed by atoms with Crippen LogP contribution in [0.15, 0.2) is 30.7 Å². The van der Waals surface area contributed by atoms with Crippen molar-refractivity contribution in [3.8, 4) is 23.1 Å². The van der Waals surface area contributed by atoms with Crippen LogP contribution in [-0.2, 0) is 9.47 Å². The van der Waals surface area contributed by atoms with Crippen LogP contribution < -0.4 is 4.74 Å². The standard InChI is InChI=1S/C31H36F2N8O4/c1-18(2)44-26(28-24(33)12-22(32)15-35-28)17-43-25-11-20(16-40-29(25)21(13-34)14-36-40)27-19(3)41(38-37-27)23-7-9-39(10-8-23)30(42)45-31(4,5)6/h11-12,14-16,18,23,26H,7-10,17H2,1-6H3. The van der Waals surface area contributed by atoms with E-state index in [0.29, 0.717) is 48.5 Å². The van der Waals surface area contributed by atoms with Crippen LogP contribution in [0.2, 0.25) is 0 Å². The van der Waals surface area contributed by atoms with Crippen molar-refractivity contribution in [1.29, 1.82) is 5.26 Å². The highest BCUT2D eigenvalue weighted by molar-refractivity contribution is 5.74. The lowest BCUT2D eigenvalue weighted by Crippen LogP contribution is -2.42. The number of nitriles is 1. The van der Waals surface area contributed by atoms with Crippen molar-refractivity contribution in [2.45, 2.75) is 78.2 Å². The fraction of sp³-hybridized carbons (Fsp3) is 0.484. The highest BCUT2D eigenvalue weighted by atomic mass is 19.1. The van der Waals surface area contributed by atoms with Gasteiger partial charge in [-0.3, -0.25) is 4.98 Å². The summed E-state index contributed by atoms with van der Waals surface area (Å²) >= 11 is 0. The quantitative estimate of drug-likeness (QED) is 0.248. The molecule has 4 aromatic heterocycles. The second-order valence-corrected chi connectivity index (χ2v) is 12.2. The summed E-state index contributed by atoms with van der Waals surface area (Å²) < 4.78 is 49.2. The third-order valence-electron chi connectivity index (χ3n) is 7.33. The van der Waals surface area contributed by atoms with E-state index < -0.39 is 23.3 Å². The molecule has 1 unspecified atom stereocenters. The van der Waals surface area contributed by atoms with Crippen LogP contribution >= 0.6 is 0 Å². The van der Waals surface area contributed by atoms with E-state index in [2.05, 4.69) is 26.5 Å². The van der Waals surface area contributed by atoms with E-state index in [1.165, 1.54) is 10.7 Å². The van der Waals surface area contributed by atoms with Gasteiger partial charge in [-0.1, -0.05) is 5.21 Å². The molecule has 5 rings (SSSR count). The highest BCUT2D eigenvalue weighted by Crippen LogP contribution is 2.34. The molecule has 0 aliphatic carbocycles. The number of likely N-dealkylation sites (tertiary alicyclic amines) is 1. The first-order valence-electron chi connectivity index (χ1n) is 14.8. The first-order valence-corrected chi connectivity index (χ1v) is 14.8. The Kier molecular flexibility index (Phi) is 9.01. The SMILES string of the molecule is Cc1c(-c2cc(OCC(OC(C)C)c3ncc(F)cc3F)c3c(C#N)cnn3c2)nnn1C1CCN(C(=O)OC(C)(C)C)CC1. The van der Waals surface area contributed by atoms with Gasteiger partial charge in [0.25, 0.3) is 0 Å². The summed E-state index contributed by atoms with van der Waals surface area (Å²) in [5.74, 6) is -1.36. The Morgan fingerprint density at radius 3 is 2.56 bits per heavy atom. The number of hydrogen-bond donors (Lipinski definition) is 0. The molecule has 0 bridgehead atoms. The van der Waals surface area contributed by atoms with Crippen LogP contribution in [0.25, 0.3) is 16.8 Å². The van der Waals surface area contributed by atoms with Crippen LogP contribution in [0.1, 0.15) is 76.6 Å². The number of rotatable bonds is 8. The Morgan fingerprint density at radius 1 is 1.18 bits per heavy atom. The average Bonchev–Trinajstić information content (AvgIpc) is 3.57. The van der Waals surface area contributed by atoms with Gasteiger partial charge in [0.1, 0.15) is 64.2 Å². The van der Waals surface area contributed by atoms with Gasteiger partial charge in [0, 0.05) is 30.9 Å². The fourth-order valence-corrected chi connectivity index (χ4v) is 5.32. The molecule has 238 valence electrons. The second-order valence-electron chi connectivity index (χ2n) is 12.2. The van der Waals surface area contributed by atoms with Gasteiger partial charge in [-0.2, -0.15) is 10.4 Å². The van der Waals surface area contributed by atoms with Gasteiger partial charge in [0.2, 0.25) is 0 Å². The number of aromatic nitrogens is 6. The van der Waals surface area contributed by atoms with Crippen molar-refractivity contribution in [2.24, 2.45) is 0 Å². The lowest BCUT2D eigenvalue weighted by atomic mass is 10.0. The zero-order chi connectivity index (χ0) is 32.5. The summed E-state index contributed by atoms with van der Waals surface area (Å²) in [6.45, 7) is 11.9. The molecule has 0 aromatic carbocycles. The van der Waals surface area contributed by atoms with Gasteiger partial charge in [-0.05, 0) is 60.5 Å². The highest BCUT2D eigenvalue weighted by Gasteiger charge is 2.30. The molecule has 45 heavy (non-hydrogen) atoms. The summed E-state index contributed by atoms with van der Waals surface area (Å²) in [6.07, 6.45) is 3.86. The molecule has 0 saturated carbocycles. The number of piperidine rings is 1. The van der Waals surface area contributed by atoms with Gasteiger partial charge in [-0.25, -0.2) is 22.8 Å². The van der Waals surface area contributed by atoms with E-state index >= 15 is 0 Å². The predicted molar refractivity (Wildman–Crippen MR) is 158 cm³/mol. The fourth-order valence-electron chi connectivity index (χ4n) is 5.32. The maximum atomic E-state index is 14.7. The van der Waals surface area contributed by atoms with Crippen LogP contribution in [0, 0.1) is 29.9 Å². The molecule has 5 heterocycles. The van der Waals surface area contributed by atoms with Crippen molar-refractivity contribution in [3.05, 3.63) is 59.3 Å². The molecule has 1 amide bonds. The van der Waals surface area contributed by atoms with Crippen LogP contribution in [0.5, 0.6) is 5.75 Å². The Morgan fingerprint density at radius 2 is 1.91 bits per heavy atom. The molecule has 1 aliphatic rings. The monoisotopic (exact) mass is 622 g/mol. The molecule has 4 aromatic rings. The van der Waals surface area contributed by atoms with E-state index in [9.17, 15) is 18.8 Å². The molecule has 1 saturated heterocycles. The summed E-state index contributed by atoms with van der Waals surface area (Å²) in [6, 6.07) is 4.63. The minimum absolute atomic E-state index is 0.0336. The Balaban J connectivity index is 1.41. The average molecular weight is 623 g/mol. The van der Waals surface area contributed by atoms with Crippen LogP contribution in [0.3, 0.4) is 0 Å². The third-order valence-corrected chi connectivity index (χ3v) is 7.33. The smallest absolute Gasteiger partial charge is 0.410 e. The van der Waals surface area contributed by atoms with Gasteiger partial charge in [0.05, 0.1) is 30.2 Å². The summed E-state index contributed by atoms with van der Waals surface area (Å²) in [7, 11) is 0. The molecule has 1 fully saturated rings. The van der Waals surface area contributed by atoms with Crippen molar-refractivity contribution >= 4 is 11.6 Å². The topological polar surface area (TPSA) is 133 Å². The van der Waals surface area contributed by atoms with Gasteiger partial charge < -0.3 is 19.1 Å². The molecule has 0 radical (unpaired) electrons. The molecule has 1 atom stereocenters. The largest absolute Gasteiger partial charge is 0.488 e. The lowest BCUT2D eigenvalue weighted by Gasteiger charge is -2.33. The number of nitrogens with zero attached hydrogens (tertiary/aromatic N) is 8. The maximum Gasteiger partial charge on any atom is 0.410 e. The van der Waals surface area contributed by atoms with Crippen LogP contribution in [-0.4, -0.2) is 72.0 Å². The Bertz CT molecular complexity index is 1730. The molecule has 14 heteroatoms. The van der Waals surface area contributed by atoms with Crippen molar-refractivity contribution < 1.29 is 27.8 Å². The number of carbonyl (C=O) groups is 1. The normalized spacial score (nSPS) is 15.0. The lowest BCUT2D eigenvalue weighted by molar-refractivity contribution is -0.0230. The van der Waals surface area contributed by atoms with Gasteiger partial charge in [-0.15, -0.1) is 5.10 Å². The molecular weight excluding hydrogens is 586 g/mol. The summed E-state index contributed by atoms with van der Waals surface area (Å²) in [4.78, 5) is 18.1. The van der Waals surface area contributed by atoms with E-state index in [1.54, 1.807) is 31.0 Å². The minimum Gasteiger partial charge on any atom is -0.488 e. The number of fused-ring (bicyclic) bond motifs is 1. The maximum absolute atomic E-state index is 14.7. The molecule has 12 nitrogen and oxygen atoms in total. The van der Waals surface area contributed by atoms with E-state index in [-0.39, 0.29) is 36.1 Å². The summed E-state index contributed by atoms with van der Waals surface area (Å²) in [5.41, 5.74) is 2.07. The number of carbonyl (C=O) groups excluding carboxylic acids is 1. The van der Waals surface area contributed by atoms with E-state index in [0.717, 1.165) is 18.0 Å². The molecule has 0 N–H and O–H groups in total. The number of ether oxygens (including phenoxy) is 3. The molecule has 1 aliphatic heterocycles. The second kappa shape index (κ2) is 12.8. The Hall–Kier alpha value is -4.64. The number of halogens is 2. The van der Waals surface area contributed by atoms with Gasteiger partial charge >= 0.3 is 6.09 Å². The van der Waals surface area contributed by atoms with E-state index in [1.807, 2.05) is 32.4 Å². The van der Waals surface area contributed by atoms with E-state index in [4.69, 9.17) is 14.2 Å². The van der Waals surface area contributed by atoms with Crippen molar-refractivity contribution in [2.75, 3.05) is 19.7 Å². The van der Waals surface area contributed by atoms with Crippen molar-refractivity contribution in [1.82, 2.24) is 34.5 Å². The predicted octanol–water partition coefficient (Wildman–Crippen LogP) is 5.56. The number of amides is 1. The molecule has 0 spiro atoms. The number of pyridine rings is 2. The first-order chi connectivity index (χ1) is 21.3. The summed E-state index contributed by atoms with van der Waals surface area (Å²) in [5, 5.41) is 23.0. The third kappa shape index (κ3) is 7.04. The zero-order valence-corrected chi connectivity index (χ0v) is 26.1. The molecular formula is C31H36F2N8O4. The van der Waals surface area contributed by atoms with Crippen molar-refractivity contribution in [3.63, 3.8) is 0 Å². The minimum atomic E-state index is -0.961. The Labute approximate surface area is 259 Å². The number of hydrogen-bond acceptors (Lipinski definition) is 9. The van der Waals surface area contributed by atoms with Crippen LogP contribution in [0.4, 0.5) is 13.6 Å².